The molecule has 0 spiro atoms. The van der Waals surface area contributed by atoms with Crippen molar-refractivity contribution in [1.29, 1.82) is 0 Å². The Morgan fingerprint density at radius 1 is 1.26 bits per heavy atom. The third-order valence-corrected chi connectivity index (χ3v) is 5.88. The van der Waals surface area contributed by atoms with Gasteiger partial charge in [0.1, 0.15) is 0 Å². The van der Waals surface area contributed by atoms with Crippen LogP contribution in [0.3, 0.4) is 0 Å². The van der Waals surface area contributed by atoms with Crippen LogP contribution in [0.25, 0.3) is 0 Å². The Hall–Kier alpha value is 0.0400. The molecule has 3 rings (SSSR count). The molecule has 1 aliphatic carbocycles. The van der Waals surface area contributed by atoms with Crippen molar-refractivity contribution >= 4 is 44.8 Å². The number of hydrogen-bond acceptors (Lipinski definition) is 2. The molecule has 1 aromatic rings. The van der Waals surface area contributed by atoms with Crippen molar-refractivity contribution in [1.82, 2.24) is 5.32 Å². The topological polar surface area (TPSA) is 15.3 Å². The molecule has 1 heterocycles. The van der Waals surface area contributed by atoms with Crippen LogP contribution in [0.15, 0.2) is 16.6 Å². The first-order valence-corrected chi connectivity index (χ1v) is 8.26. The summed E-state index contributed by atoms with van der Waals surface area (Å²) in [5.41, 5.74) is 1.05. The molecule has 2 unspecified atom stereocenters. The van der Waals surface area contributed by atoms with E-state index in [-0.39, 0.29) is 0 Å². The average molecular weight is 364 g/mol. The van der Waals surface area contributed by atoms with E-state index in [0.29, 0.717) is 22.1 Å². The van der Waals surface area contributed by atoms with Gasteiger partial charge >= 0.3 is 0 Å². The van der Waals surface area contributed by atoms with Gasteiger partial charge in [-0.25, -0.2) is 0 Å². The molecule has 2 atom stereocenters. The minimum Gasteiger partial charge on any atom is -0.365 e. The van der Waals surface area contributed by atoms with Crippen LogP contribution in [0, 0.1) is 5.92 Å². The molecule has 0 radical (unpaired) electrons. The predicted molar refractivity (Wildman–Crippen MR) is 85.5 cm³/mol. The lowest BCUT2D eigenvalue weighted by Crippen LogP contribution is -2.56. The van der Waals surface area contributed by atoms with Crippen LogP contribution in [0.4, 0.5) is 5.69 Å². The van der Waals surface area contributed by atoms with Crippen molar-refractivity contribution in [3.05, 3.63) is 26.7 Å². The lowest BCUT2D eigenvalue weighted by atomic mass is 10.1. The standard InChI is InChI=1S/C14H17BrCl2N2/c1-8-6-18-11(9-2-3-9)7-19(8)12-5-4-10(15)13(16)14(12)17/h4-5,8-9,11,18H,2-3,6-7H2,1H3. The first-order chi connectivity index (χ1) is 9.08. The molecule has 1 saturated heterocycles. The zero-order valence-electron chi connectivity index (χ0n) is 10.8. The van der Waals surface area contributed by atoms with Crippen molar-refractivity contribution in [3.63, 3.8) is 0 Å². The highest BCUT2D eigenvalue weighted by molar-refractivity contribution is 9.10. The first-order valence-electron chi connectivity index (χ1n) is 6.71. The smallest absolute Gasteiger partial charge is 0.0837 e. The number of nitrogens with one attached hydrogen (secondary N) is 1. The van der Waals surface area contributed by atoms with Crippen LogP contribution >= 0.6 is 39.1 Å². The van der Waals surface area contributed by atoms with Crippen molar-refractivity contribution < 1.29 is 0 Å². The third kappa shape index (κ3) is 2.76. The number of halogens is 3. The molecule has 2 fully saturated rings. The predicted octanol–water partition coefficient (Wildman–Crippen LogP) is 4.33. The van der Waals surface area contributed by atoms with Gasteiger partial charge in [-0.3, -0.25) is 0 Å². The molecular formula is C14H17BrCl2N2. The van der Waals surface area contributed by atoms with Crippen molar-refractivity contribution in [3.8, 4) is 0 Å². The molecule has 0 aromatic heterocycles. The van der Waals surface area contributed by atoms with Crippen LogP contribution in [0.2, 0.25) is 10.0 Å². The molecular weight excluding hydrogens is 347 g/mol. The summed E-state index contributed by atoms with van der Waals surface area (Å²) in [6.45, 7) is 4.25. The Balaban J connectivity index is 1.88. The third-order valence-electron chi connectivity index (χ3n) is 4.12. The van der Waals surface area contributed by atoms with Crippen LogP contribution in [0.5, 0.6) is 0 Å². The minimum atomic E-state index is 0.435. The summed E-state index contributed by atoms with van der Waals surface area (Å²) in [7, 11) is 0. The van der Waals surface area contributed by atoms with E-state index in [1.165, 1.54) is 12.8 Å². The number of rotatable bonds is 2. The number of nitrogens with zero attached hydrogens (tertiary/aromatic N) is 1. The lowest BCUT2D eigenvalue weighted by molar-refractivity contribution is 0.376. The summed E-state index contributed by atoms with van der Waals surface area (Å²) in [6.07, 6.45) is 2.71. The Morgan fingerprint density at radius 2 is 2.00 bits per heavy atom. The van der Waals surface area contributed by atoms with E-state index in [4.69, 9.17) is 23.2 Å². The Bertz CT molecular complexity index is 491. The quantitative estimate of drug-likeness (QED) is 0.786. The second-order valence-corrected chi connectivity index (χ2v) is 7.16. The van der Waals surface area contributed by atoms with Gasteiger partial charge in [0.15, 0.2) is 0 Å². The van der Waals surface area contributed by atoms with Gasteiger partial charge in [0, 0.05) is 29.6 Å². The molecule has 5 heteroatoms. The first kappa shape index (κ1) is 14.0. The fourth-order valence-electron chi connectivity index (χ4n) is 2.78. The average Bonchev–Trinajstić information content (AvgIpc) is 3.22. The maximum absolute atomic E-state index is 6.42. The monoisotopic (exact) mass is 362 g/mol. The molecule has 0 amide bonds. The molecule has 0 bridgehead atoms. The van der Waals surface area contributed by atoms with Gasteiger partial charge in [0.2, 0.25) is 0 Å². The summed E-state index contributed by atoms with van der Waals surface area (Å²) in [6, 6.07) is 5.06. The Kier molecular flexibility index (Phi) is 4.01. The van der Waals surface area contributed by atoms with Crippen LogP contribution in [0.1, 0.15) is 19.8 Å². The van der Waals surface area contributed by atoms with Gasteiger partial charge < -0.3 is 10.2 Å². The molecule has 1 aromatic carbocycles. The molecule has 2 nitrogen and oxygen atoms in total. The van der Waals surface area contributed by atoms with Crippen LogP contribution < -0.4 is 10.2 Å². The highest BCUT2D eigenvalue weighted by atomic mass is 79.9. The summed E-state index contributed by atoms with van der Waals surface area (Å²) in [4.78, 5) is 2.39. The maximum Gasteiger partial charge on any atom is 0.0837 e. The summed E-state index contributed by atoms with van der Waals surface area (Å²) in [5.74, 6) is 0.847. The van der Waals surface area contributed by atoms with Gasteiger partial charge in [0.25, 0.3) is 0 Å². The maximum atomic E-state index is 6.42. The fourth-order valence-corrected chi connectivity index (χ4v) is 3.65. The molecule has 1 N–H and O–H groups in total. The Labute approximate surface area is 132 Å². The van der Waals surface area contributed by atoms with Gasteiger partial charge in [-0.05, 0) is 53.7 Å². The zero-order chi connectivity index (χ0) is 13.6. The van der Waals surface area contributed by atoms with E-state index in [1.54, 1.807) is 0 Å². The van der Waals surface area contributed by atoms with Gasteiger partial charge in [0.05, 0.1) is 15.7 Å². The number of benzene rings is 1. The highest BCUT2D eigenvalue weighted by Gasteiger charge is 2.36. The summed E-state index contributed by atoms with van der Waals surface area (Å²) < 4.78 is 0.851. The number of piperazine rings is 1. The molecule has 1 aliphatic heterocycles. The number of anilines is 1. The fraction of sp³-hybridized carbons (Fsp3) is 0.571. The minimum absolute atomic E-state index is 0.435. The normalized spacial score (nSPS) is 27.7. The number of hydrogen-bond donors (Lipinski definition) is 1. The van der Waals surface area contributed by atoms with Crippen LogP contribution in [-0.4, -0.2) is 25.2 Å². The van der Waals surface area contributed by atoms with E-state index in [9.17, 15) is 0 Å². The van der Waals surface area contributed by atoms with Crippen molar-refractivity contribution in [2.24, 2.45) is 5.92 Å². The summed E-state index contributed by atoms with van der Waals surface area (Å²) in [5, 5.41) is 4.91. The molecule has 104 valence electrons. The lowest BCUT2D eigenvalue weighted by Gasteiger charge is -2.41. The van der Waals surface area contributed by atoms with E-state index < -0.39 is 0 Å². The van der Waals surface area contributed by atoms with Gasteiger partial charge in [-0.2, -0.15) is 0 Å². The van der Waals surface area contributed by atoms with E-state index in [1.807, 2.05) is 6.07 Å². The van der Waals surface area contributed by atoms with E-state index in [2.05, 4.69) is 39.1 Å². The molecule has 2 aliphatic rings. The van der Waals surface area contributed by atoms with Crippen molar-refractivity contribution in [2.75, 3.05) is 18.0 Å². The largest absolute Gasteiger partial charge is 0.365 e. The van der Waals surface area contributed by atoms with Gasteiger partial charge in [-0.15, -0.1) is 0 Å². The van der Waals surface area contributed by atoms with Crippen LogP contribution in [-0.2, 0) is 0 Å². The molecule has 19 heavy (non-hydrogen) atoms. The zero-order valence-corrected chi connectivity index (χ0v) is 13.9. The van der Waals surface area contributed by atoms with Gasteiger partial charge in [-0.1, -0.05) is 23.2 Å². The Morgan fingerprint density at radius 3 is 2.68 bits per heavy atom. The highest BCUT2D eigenvalue weighted by Crippen LogP contribution is 2.40. The van der Waals surface area contributed by atoms with E-state index >= 15 is 0 Å². The molecule has 1 saturated carbocycles. The summed E-state index contributed by atoms with van der Waals surface area (Å²) >= 11 is 16.1. The second kappa shape index (κ2) is 5.44. The SMILES string of the molecule is CC1CNC(C2CC2)CN1c1ccc(Br)c(Cl)c1Cl. The van der Waals surface area contributed by atoms with E-state index in [0.717, 1.165) is 29.2 Å². The van der Waals surface area contributed by atoms with Crippen molar-refractivity contribution in [2.45, 2.75) is 31.8 Å². The second-order valence-electron chi connectivity index (χ2n) is 5.55.